The molecule has 0 spiro atoms. The summed E-state index contributed by atoms with van der Waals surface area (Å²) in [7, 11) is 0. The standard InChI is InChI=1S/C16H22N4O2/c1-8(2)12-5-14(18-17-12)16(21)20-6-10-11(7-20)15(10)13-4-9(3)22-19-13/h5,8-11,15H,4,6-7H2,1-3H3,(H,17,18). The molecule has 6 heteroatoms. The molecule has 1 aliphatic carbocycles. The molecule has 118 valence electrons. The van der Waals surface area contributed by atoms with Crippen molar-refractivity contribution in [2.75, 3.05) is 13.1 Å². The van der Waals surface area contributed by atoms with Crippen molar-refractivity contribution in [2.45, 2.75) is 39.2 Å². The van der Waals surface area contributed by atoms with E-state index in [9.17, 15) is 4.79 Å². The van der Waals surface area contributed by atoms with Gasteiger partial charge in [-0.05, 0) is 30.7 Å². The zero-order chi connectivity index (χ0) is 15.4. The molecule has 1 N–H and O–H groups in total. The van der Waals surface area contributed by atoms with E-state index in [1.807, 2.05) is 17.9 Å². The first-order valence-electron chi connectivity index (χ1n) is 8.11. The average molecular weight is 302 g/mol. The van der Waals surface area contributed by atoms with E-state index in [-0.39, 0.29) is 12.0 Å². The summed E-state index contributed by atoms with van der Waals surface area (Å²) in [5, 5.41) is 11.3. The number of likely N-dealkylation sites (tertiary alicyclic amines) is 1. The van der Waals surface area contributed by atoms with E-state index in [1.165, 1.54) is 5.71 Å². The summed E-state index contributed by atoms with van der Waals surface area (Å²) >= 11 is 0. The van der Waals surface area contributed by atoms with E-state index in [4.69, 9.17) is 4.84 Å². The number of carbonyl (C=O) groups excluding carboxylic acids is 1. The first-order chi connectivity index (χ1) is 10.5. The second-order valence-corrected chi connectivity index (χ2v) is 7.13. The first kappa shape index (κ1) is 13.8. The minimum Gasteiger partial charge on any atom is -0.392 e. The van der Waals surface area contributed by atoms with Crippen LogP contribution in [0.3, 0.4) is 0 Å². The number of fused-ring (bicyclic) bond motifs is 1. The summed E-state index contributed by atoms with van der Waals surface area (Å²) in [6.07, 6.45) is 1.16. The van der Waals surface area contributed by atoms with Crippen molar-refractivity contribution in [3.05, 3.63) is 17.5 Å². The molecule has 1 amide bonds. The number of oxime groups is 1. The number of nitrogens with one attached hydrogen (secondary N) is 1. The van der Waals surface area contributed by atoms with Crippen LogP contribution in [0.25, 0.3) is 0 Å². The highest BCUT2D eigenvalue weighted by Gasteiger charge is 2.59. The SMILES string of the molecule is CC1CC(C2C3CN(C(=O)c4cc(C(C)C)[nH]n4)CC32)=NO1. The average Bonchev–Trinajstić information content (AvgIpc) is 2.97. The summed E-state index contributed by atoms with van der Waals surface area (Å²) in [5.41, 5.74) is 2.75. The minimum absolute atomic E-state index is 0.0482. The molecule has 1 aromatic heterocycles. The van der Waals surface area contributed by atoms with Crippen LogP contribution in [0.4, 0.5) is 0 Å². The molecular formula is C16H22N4O2. The van der Waals surface area contributed by atoms with Gasteiger partial charge in [0.1, 0.15) is 11.8 Å². The molecule has 0 bridgehead atoms. The summed E-state index contributed by atoms with van der Waals surface area (Å²) in [4.78, 5) is 19.7. The lowest BCUT2D eigenvalue weighted by molar-refractivity contribution is 0.0766. The van der Waals surface area contributed by atoms with Gasteiger partial charge in [0, 0.05) is 31.1 Å². The molecule has 1 aromatic rings. The molecule has 2 fully saturated rings. The quantitative estimate of drug-likeness (QED) is 0.928. The normalized spacial score (nSPS) is 32.9. The smallest absolute Gasteiger partial charge is 0.274 e. The van der Waals surface area contributed by atoms with E-state index < -0.39 is 0 Å². The number of piperidine rings is 1. The molecule has 3 unspecified atom stereocenters. The molecule has 4 rings (SSSR count). The van der Waals surface area contributed by atoms with E-state index >= 15 is 0 Å². The Hall–Kier alpha value is -1.85. The third-order valence-corrected chi connectivity index (χ3v) is 5.15. The van der Waals surface area contributed by atoms with Crippen LogP contribution in [0.15, 0.2) is 11.2 Å². The van der Waals surface area contributed by atoms with E-state index in [2.05, 4.69) is 29.2 Å². The Bertz CT molecular complexity index is 624. The number of carbonyl (C=O) groups is 1. The topological polar surface area (TPSA) is 70.6 Å². The Morgan fingerprint density at radius 3 is 2.68 bits per heavy atom. The largest absolute Gasteiger partial charge is 0.392 e. The second kappa shape index (κ2) is 4.83. The highest BCUT2D eigenvalue weighted by molar-refractivity contribution is 5.94. The van der Waals surface area contributed by atoms with Crippen LogP contribution in [0.1, 0.15) is 49.3 Å². The van der Waals surface area contributed by atoms with E-state index in [0.29, 0.717) is 29.4 Å². The molecule has 3 atom stereocenters. The van der Waals surface area contributed by atoms with Gasteiger partial charge in [-0.2, -0.15) is 5.10 Å². The lowest BCUT2D eigenvalue weighted by atomic mass is 10.1. The highest BCUT2D eigenvalue weighted by atomic mass is 16.6. The van der Waals surface area contributed by atoms with Gasteiger partial charge in [0.15, 0.2) is 0 Å². The fraction of sp³-hybridized carbons (Fsp3) is 0.688. The Kier molecular flexibility index (Phi) is 3.03. The molecule has 2 aliphatic heterocycles. The Morgan fingerprint density at radius 1 is 1.41 bits per heavy atom. The lowest BCUT2D eigenvalue weighted by Gasteiger charge is -2.18. The number of hydrogen-bond donors (Lipinski definition) is 1. The van der Waals surface area contributed by atoms with Crippen LogP contribution in [0.2, 0.25) is 0 Å². The van der Waals surface area contributed by atoms with Crippen molar-refractivity contribution in [1.82, 2.24) is 15.1 Å². The Morgan fingerprint density at radius 2 is 2.14 bits per heavy atom. The maximum atomic E-state index is 12.5. The fourth-order valence-electron chi connectivity index (χ4n) is 3.81. The molecule has 0 aromatic carbocycles. The first-order valence-corrected chi connectivity index (χ1v) is 8.11. The molecule has 3 heterocycles. The van der Waals surface area contributed by atoms with Crippen LogP contribution in [0.5, 0.6) is 0 Å². The number of rotatable bonds is 3. The number of hydrogen-bond acceptors (Lipinski definition) is 4. The number of nitrogens with zero attached hydrogens (tertiary/aromatic N) is 3. The third kappa shape index (κ3) is 2.12. The van der Waals surface area contributed by atoms with Crippen LogP contribution in [-0.2, 0) is 4.84 Å². The van der Waals surface area contributed by atoms with E-state index in [1.54, 1.807) is 0 Å². The minimum atomic E-state index is 0.0482. The van der Waals surface area contributed by atoms with Crippen molar-refractivity contribution in [3.63, 3.8) is 0 Å². The van der Waals surface area contributed by atoms with E-state index in [0.717, 1.165) is 25.2 Å². The van der Waals surface area contributed by atoms with Crippen molar-refractivity contribution in [2.24, 2.45) is 22.9 Å². The number of H-pyrrole nitrogens is 1. The van der Waals surface area contributed by atoms with Gasteiger partial charge < -0.3 is 9.74 Å². The molecular weight excluding hydrogens is 280 g/mol. The van der Waals surface area contributed by atoms with Crippen LogP contribution in [-0.4, -0.2) is 45.9 Å². The molecule has 1 saturated carbocycles. The van der Waals surface area contributed by atoms with Crippen LogP contribution < -0.4 is 0 Å². The van der Waals surface area contributed by atoms with Crippen molar-refractivity contribution in [3.8, 4) is 0 Å². The maximum Gasteiger partial charge on any atom is 0.274 e. The van der Waals surface area contributed by atoms with Crippen molar-refractivity contribution >= 4 is 11.6 Å². The summed E-state index contributed by atoms with van der Waals surface area (Å²) in [6, 6.07) is 1.88. The van der Waals surface area contributed by atoms with Crippen molar-refractivity contribution in [1.29, 1.82) is 0 Å². The lowest BCUT2D eigenvalue weighted by Crippen LogP contribution is -2.32. The molecule has 6 nitrogen and oxygen atoms in total. The number of aromatic nitrogens is 2. The molecule has 3 aliphatic rings. The van der Waals surface area contributed by atoms with Gasteiger partial charge in [-0.25, -0.2) is 0 Å². The molecule has 1 saturated heterocycles. The Balaban J connectivity index is 1.38. The number of aromatic amines is 1. The predicted molar refractivity (Wildman–Crippen MR) is 81.6 cm³/mol. The monoisotopic (exact) mass is 302 g/mol. The Labute approximate surface area is 129 Å². The summed E-state index contributed by atoms with van der Waals surface area (Å²) in [6.45, 7) is 7.87. The highest BCUT2D eigenvalue weighted by Crippen LogP contribution is 2.54. The predicted octanol–water partition coefficient (Wildman–Crippen LogP) is 2.02. The van der Waals surface area contributed by atoms with Crippen LogP contribution >= 0.6 is 0 Å². The zero-order valence-electron chi connectivity index (χ0n) is 13.2. The van der Waals surface area contributed by atoms with Gasteiger partial charge in [0.25, 0.3) is 5.91 Å². The van der Waals surface area contributed by atoms with Gasteiger partial charge in [-0.3, -0.25) is 9.89 Å². The summed E-state index contributed by atoms with van der Waals surface area (Å²) < 4.78 is 0. The van der Waals surface area contributed by atoms with Crippen molar-refractivity contribution < 1.29 is 9.63 Å². The molecule has 0 radical (unpaired) electrons. The summed E-state index contributed by atoms with van der Waals surface area (Å²) in [5.74, 6) is 2.08. The van der Waals surface area contributed by atoms with Crippen LogP contribution in [0, 0.1) is 17.8 Å². The number of amides is 1. The zero-order valence-corrected chi connectivity index (χ0v) is 13.2. The second-order valence-electron chi connectivity index (χ2n) is 7.13. The fourth-order valence-corrected chi connectivity index (χ4v) is 3.81. The van der Waals surface area contributed by atoms with Gasteiger partial charge in [-0.1, -0.05) is 19.0 Å². The van der Waals surface area contributed by atoms with Gasteiger partial charge in [0.2, 0.25) is 0 Å². The van der Waals surface area contributed by atoms with Gasteiger partial charge in [0.05, 0.1) is 5.71 Å². The molecule has 22 heavy (non-hydrogen) atoms. The van der Waals surface area contributed by atoms with Gasteiger partial charge >= 0.3 is 0 Å². The maximum absolute atomic E-state index is 12.5. The van der Waals surface area contributed by atoms with Gasteiger partial charge in [-0.15, -0.1) is 0 Å². The third-order valence-electron chi connectivity index (χ3n) is 5.15.